The standard InChI is InChI=1S/C15H16O2.CH4O3S/c16-11-10-14-8-4-5-9-15(14)17-12-13-6-2-1-3-7-13;1-5(2,3)4/h1-9,16H,10-12H2;1H3,(H,2,3,4). The summed E-state index contributed by atoms with van der Waals surface area (Å²) >= 11 is 0. The average Bonchev–Trinajstić information content (AvgIpc) is 2.46. The third-order valence-corrected chi connectivity index (χ3v) is 2.59. The zero-order valence-corrected chi connectivity index (χ0v) is 13.2. The molecule has 0 radical (unpaired) electrons. The van der Waals surface area contributed by atoms with Crippen LogP contribution in [0.4, 0.5) is 0 Å². The van der Waals surface area contributed by atoms with E-state index >= 15 is 0 Å². The molecule has 2 aromatic carbocycles. The number of para-hydroxylation sites is 1. The maximum atomic E-state index is 9.19. The number of aliphatic hydroxyl groups excluding tert-OH is 1. The molecule has 2 aromatic rings. The maximum absolute atomic E-state index is 9.19. The summed E-state index contributed by atoms with van der Waals surface area (Å²) in [6, 6.07) is 17.9. The fourth-order valence-corrected chi connectivity index (χ4v) is 1.71. The van der Waals surface area contributed by atoms with Gasteiger partial charge in [0.15, 0.2) is 0 Å². The monoisotopic (exact) mass is 324 g/mol. The van der Waals surface area contributed by atoms with Crippen LogP contribution in [0.1, 0.15) is 11.1 Å². The minimum atomic E-state index is -3.67. The Morgan fingerprint density at radius 1 is 1.00 bits per heavy atom. The molecule has 0 unspecified atom stereocenters. The number of ether oxygens (including phenoxy) is 1. The fourth-order valence-electron chi connectivity index (χ4n) is 1.71. The Morgan fingerprint density at radius 3 is 2.14 bits per heavy atom. The van der Waals surface area contributed by atoms with Gasteiger partial charge in [0.1, 0.15) is 12.4 Å². The Hall–Kier alpha value is -1.89. The second-order valence-corrected chi connectivity index (χ2v) is 6.05. The van der Waals surface area contributed by atoms with Crippen molar-refractivity contribution < 1.29 is 22.8 Å². The van der Waals surface area contributed by atoms with E-state index < -0.39 is 10.1 Å². The van der Waals surface area contributed by atoms with Gasteiger partial charge in [0.25, 0.3) is 10.1 Å². The van der Waals surface area contributed by atoms with E-state index in [-0.39, 0.29) is 6.61 Å². The summed E-state index contributed by atoms with van der Waals surface area (Å²) in [5.41, 5.74) is 2.19. The van der Waals surface area contributed by atoms with Gasteiger partial charge in [-0.05, 0) is 23.6 Å². The van der Waals surface area contributed by atoms with Gasteiger partial charge >= 0.3 is 0 Å². The highest BCUT2D eigenvalue weighted by Gasteiger charge is 2.02. The quantitative estimate of drug-likeness (QED) is 0.825. The smallest absolute Gasteiger partial charge is 0.261 e. The summed E-state index contributed by atoms with van der Waals surface area (Å²) in [7, 11) is -3.67. The lowest BCUT2D eigenvalue weighted by atomic mass is 10.1. The second kappa shape index (κ2) is 9.19. The Bertz CT molecular complexity index is 645. The van der Waals surface area contributed by atoms with Gasteiger partial charge in [-0.2, -0.15) is 8.42 Å². The van der Waals surface area contributed by atoms with E-state index in [1.165, 1.54) is 0 Å². The predicted octanol–water partition coefficient (Wildman–Crippen LogP) is 2.30. The Labute approximate surface area is 130 Å². The predicted molar refractivity (Wildman–Crippen MR) is 85.5 cm³/mol. The number of hydrogen-bond acceptors (Lipinski definition) is 4. The van der Waals surface area contributed by atoms with Gasteiger partial charge in [-0.25, -0.2) is 0 Å². The minimum absolute atomic E-state index is 0.145. The molecule has 6 heteroatoms. The van der Waals surface area contributed by atoms with Crippen molar-refractivity contribution >= 4 is 10.1 Å². The van der Waals surface area contributed by atoms with Crippen LogP contribution in [0.5, 0.6) is 5.75 Å². The Kier molecular flexibility index (Phi) is 7.59. The van der Waals surface area contributed by atoms with Crippen LogP contribution in [0.2, 0.25) is 0 Å². The van der Waals surface area contributed by atoms with Crippen LogP contribution in [0.15, 0.2) is 54.6 Å². The number of benzene rings is 2. The number of hydrogen-bond donors (Lipinski definition) is 2. The van der Waals surface area contributed by atoms with E-state index in [0.717, 1.165) is 16.9 Å². The lowest BCUT2D eigenvalue weighted by Crippen LogP contribution is -1.99. The molecule has 0 saturated heterocycles. The normalized spacial score (nSPS) is 10.5. The molecule has 0 saturated carbocycles. The minimum Gasteiger partial charge on any atom is -0.489 e. The van der Waals surface area contributed by atoms with E-state index in [4.69, 9.17) is 14.4 Å². The fraction of sp³-hybridized carbons (Fsp3) is 0.250. The molecule has 0 aromatic heterocycles. The van der Waals surface area contributed by atoms with Crippen LogP contribution < -0.4 is 4.74 Å². The molecule has 22 heavy (non-hydrogen) atoms. The third kappa shape index (κ3) is 8.41. The van der Waals surface area contributed by atoms with E-state index in [9.17, 15) is 8.42 Å². The van der Waals surface area contributed by atoms with Crippen LogP contribution >= 0.6 is 0 Å². The van der Waals surface area contributed by atoms with Crippen LogP contribution in [-0.4, -0.2) is 30.9 Å². The largest absolute Gasteiger partial charge is 0.489 e. The molecule has 0 atom stereocenters. The van der Waals surface area contributed by atoms with Crippen molar-refractivity contribution in [2.45, 2.75) is 13.0 Å². The molecule has 120 valence electrons. The third-order valence-electron chi connectivity index (χ3n) is 2.59. The van der Waals surface area contributed by atoms with Gasteiger partial charge < -0.3 is 9.84 Å². The Balaban J connectivity index is 0.000000422. The molecule has 2 N–H and O–H groups in total. The first-order valence-electron chi connectivity index (χ1n) is 6.68. The molecule has 0 bridgehead atoms. The van der Waals surface area contributed by atoms with Gasteiger partial charge in [-0.3, -0.25) is 4.55 Å². The highest BCUT2D eigenvalue weighted by molar-refractivity contribution is 7.85. The maximum Gasteiger partial charge on any atom is 0.261 e. The van der Waals surface area contributed by atoms with Gasteiger partial charge in [0, 0.05) is 6.61 Å². The zero-order chi connectivity index (χ0) is 16.4. The molecule has 0 aliphatic heterocycles. The summed E-state index contributed by atoms with van der Waals surface area (Å²) in [6.07, 6.45) is 1.35. The molecule has 0 aliphatic carbocycles. The van der Waals surface area contributed by atoms with Crippen molar-refractivity contribution in [3.63, 3.8) is 0 Å². The summed E-state index contributed by atoms with van der Waals surface area (Å²) < 4.78 is 31.6. The van der Waals surface area contributed by atoms with Gasteiger partial charge in [-0.15, -0.1) is 0 Å². The summed E-state index contributed by atoms with van der Waals surface area (Å²) in [6.45, 7) is 0.703. The molecule has 0 spiro atoms. The summed E-state index contributed by atoms with van der Waals surface area (Å²) in [5, 5.41) is 8.97. The first kappa shape index (κ1) is 18.2. The SMILES string of the molecule is CS(=O)(=O)O.OCCc1ccccc1OCc1ccccc1. The van der Waals surface area contributed by atoms with Crippen molar-refractivity contribution in [3.8, 4) is 5.75 Å². The van der Waals surface area contributed by atoms with Gasteiger partial charge in [-0.1, -0.05) is 48.5 Å². The highest BCUT2D eigenvalue weighted by atomic mass is 32.2. The first-order chi connectivity index (χ1) is 10.4. The summed E-state index contributed by atoms with van der Waals surface area (Å²) in [4.78, 5) is 0. The summed E-state index contributed by atoms with van der Waals surface area (Å²) in [5.74, 6) is 0.852. The van der Waals surface area contributed by atoms with Crippen LogP contribution in [0, 0.1) is 0 Å². The van der Waals surface area contributed by atoms with E-state index in [1.807, 2.05) is 54.6 Å². The van der Waals surface area contributed by atoms with Crippen LogP contribution in [0.25, 0.3) is 0 Å². The van der Waals surface area contributed by atoms with Gasteiger partial charge in [0.2, 0.25) is 0 Å². The molecule has 0 fully saturated rings. The first-order valence-corrected chi connectivity index (χ1v) is 8.53. The van der Waals surface area contributed by atoms with Crippen LogP contribution in [-0.2, 0) is 23.1 Å². The van der Waals surface area contributed by atoms with Crippen molar-refractivity contribution in [3.05, 3.63) is 65.7 Å². The number of aliphatic hydroxyl groups is 1. The molecule has 0 aliphatic rings. The molecule has 0 amide bonds. The average molecular weight is 324 g/mol. The highest BCUT2D eigenvalue weighted by Crippen LogP contribution is 2.19. The number of rotatable bonds is 5. The Morgan fingerprint density at radius 2 is 1.55 bits per heavy atom. The molecule has 5 nitrogen and oxygen atoms in total. The lowest BCUT2D eigenvalue weighted by molar-refractivity contribution is 0.284. The van der Waals surface area contributed by atoms with Crippen molar-refractivity contribution in [2.24, 2.45) is 0 Å². The molecular weight excluding hydrogens is 304 g/mol. The van der Waals surface area contributed by atoms with Crippen molar-refractivity contribution in [1.29, 1.82) is 0 Å². The topological polar surface area (TPSA) is 83.8 Å². The van der Waals surface area contributed by atoms with Crippen LogP contribution in [0.3, 0.4) is 0 Å². The molecule has 2 rings (SSSR count). The van der Waals surface area contributed by atoms with E-state index in [0.29, 0.717) is 19.3 Å². The van der Waals surface area contributed by atoms with Crippen molar-refractivity contribution in [1.82, 2.24) is 0 Å². The van der Waals surface area contributed by atoms with Crippen molar-refractivity contribution in [2.75, 3.05) is 12.9 Å². The molecular formula is C16H20O5S. The van der Waals surface area contributed by atoms with E-state index in [2.05, 4.69) is 0 Å². The van der Waals surface area contributed by atoms with E-state index in [1.54, 1.807) is 0 Å². The lowest BCUT2D eigenvalue weighted by Gasteiger charge is -2.10. The van der Waals surface area contributed by atoms with Gasteiger partial charge in [0.05, 0.1) is 6.26 Å². The molecule has 0 heterocycles. The second-order valence-electron chi connectivity index (χ2n) is 4.59. The zero-order valence-electron chi connectivity index (χ0n) is 12.3.